The van der Waals surface area contributed by atoms with Crippen LogP contribution >= 0.6 is 0 Å². The Morgan fingerprint density at radius 3 is 2.29 bits per heavy atom. The monoisotopic (exact) mass is 396 g/mol. The van der Waals surface area contributed by atoms with Gasteiger partial charge in [0.2, 0.25) is 10.0 Å². The van der Waals surface area contributed by atoms with E-state index in [2.05, 4.69) is 16.9 Å². The van der Waals surface area contributed by atoms with Gasteiger partial charge in [-0.3, -0.25) is 0 Å². The average molecular weight is 397 g/mol. The summed E-state index contributed by atoms with van der Waals surface area (Å²) in [6.07, 6.45) is 1.41. The molecule has 0 radical (unpaired) electrons. The summed E-state index contributed by atoms with van der Waals surface area (Å²) >= 11 is 0. The second-order valence-electron chi connectivity index (χ2n) is 6.45. The Kier molecular flexibility index (Phi) is 6.68. The first kappa shape index (κ1) is 19.9. The van der Waals surface area contributed by atoms with Crippen molar-refractivity contribution in [1.82, 2.24) is 4.72 Å². The van der Waals surface area contributed by atoms with Gasteiger partial charge in [-0.15, -0.1) is 0 Å². The number of anilines is 1. The zero-order chi connectivity index (χ0) is 19.8. The first-order chi connectivity index (χ1) is 13.5. The Hall–Kier alpha value is -2.83. The number of ether oxygens (including phenoxy) is 1. The molecule has 0 aliphatic rings. The van der Waals surface area contributed by atoms with Crippen molar-refractivity contribution in [3.8, 4) is 5.75 Å². The Morgan fingerprint density at radius 1 is 0.821 bits per heavy atom. The maximum Gasteiger partial charge on any atom is 0.240 e. The predicted octanol–water partition coefficient (Wildman–Crippen LogP) is 3.41. The molecular weight excluding hydrogens is 372 g/mol. The number of benzene rings is 3. The van der Waals surface area contributed by atoms with Gasteiger partial charge < -0.3 is 10.5 Å². The van der Waals surface area contributed by atoms with Crippen LogP contribution in [0.4, 0.5) is 5.69 Å². The highest BCUT2D eigenvalue weighted by Crippen LogP contribution is 2.15. The third-order valence-corrected chi connectivity index (χ3v) is 5.77. The molecule has 0 aromatic heterocycles. The Labute approximate surface area is 166 Å². The van der Waals surface area contributed by atoms with E-state index in [0.29, 0.717) is 25.3 Å². The minimum Gasteiger partial charge on any atom is -0.493 e. The highest BCUT2D eigenvalue weighted by Gasteiger charge is 2.12. The number of nitrogens with two attached hydrogens (primary N) is 1. The molecule has 28 heavy (non-hydrogen) atoms. The third-order valence-electron chi connectivity index (χ3n) is 4.30. The van der Waals surface area contributed by atoms with E-state index in [9.17, 15) is 8.42 Å². The van der Waals surface area contributed by atoms with Crippen LogP contribution in [0.3, 0.4) is 0 Å². The first-order valence-electron chi connectivity index (χ1n) is 9.14. The van der Waals surface area contributed by atoms with Gasteiger partial charge in [0, 0.05) is 18.7 Å². The van der Waals surface area contributed by atoms with Crippen molar-refractivity contribution in [1.29, 1.82) is 0 Å². The summed E-state index contributed by atoms with van der Waals surface area (Å²) < 4.78 is 33.0. The SMILES string of the molecule is Nc1ccc(S(=O)(=O)NCCc2cccc(OCCc3ccccc3)c2)cc1. The summed E-state index contributed by atoms with van der Waals surface area (Å²) in [6, 6.07) is 24.1. The van der Waals surface area contributed by atoms with Gasteiger partial charge >= 0.3 is 0 Å². The van der Waals surface area contributed by atoms with Crippen molar-refractivity contribution in [2.24, 2.45) is 0 Å². The summed E-state index contributed by atoms with van der Waals surface area (Å²) in [5, 5.41) is 0. The number of rotatable bonds is 9. The Bertz CT molecular complexity index is 988. The number of nitrogens with one attached hydrogen (secondary N) is 1. The fraction of sp³-hybridized carbons (Fsp3) is 0.182. The molecule has 0 bridgehead atoms. The van der Waals surface area contributed by atoms with Gasteiger partial charge in [-0.05, 0) is 53.9 Å². The van der Waals surface area contributed by atoms with E-state index in [1.807, 2.05) is 42.5 Å². The maximum absolute atomic E-state index is 12.3. The normalized spacial score (nSPS) is 11.3. The second-order valence-corrected chi connectivity index (χ2v) is 8.22. The van der Waals surface area contributed by atoms with E-state index in [0.717, 1.165) is 17.7 Å². The molecule has 0 amide bonds. The zero-order valence-corrected chi connectivity index (χ0v) is 16.4. The topological polar surface area (TPSA) is 81.4 Å². The van der Waals surface area contributed by atoms with E-state index >= 15 is 0 Å². The van der Waals surface area contributed by atoms with Crippen LogP contribution in [-0.2, 0) is 22.9 Å². The summed E-state index contributed by atoms with van der Waals surface area (Å²) in [5.74, 6) is 0.787. The van der Waals surface area contributed by atoms with Crippen LogP contribution in [0.15, 0.2) is 83.8 Å². The number of sulfonamides is 1. The minimum absolute atomic E-state index is 0.208. The smallest absolute Gasteiger partial charge is 0.240 e. The molecule has 5 nitrogen and oxygen atoms in total. The molecule has 0 saturated heterocycles. The average Bonchev–Trinajstić information content (AvgIpc) is 2.69. The van der Waals surface area contributed by atoms with Crippen LogP contribution in [0.25, 0.3) is 0 Å². The Balaban J connectivity index is 1.49. The van der Waals surface area contributed by atoms with E-state index in [1.165, 1.54) is 17.7 Å². The molecule has 3 rings (SSSR count). The Morgan fingerprint density at radius 2 is 1.54 bits per heavy atom. The van der Waals surface area contributed by atoms with Gasteiger partial charge in [-0.25, -0.2) is 13.1 Å². The van der Waals surface area contributed by atoms with Crippen LogP contribution in [0.5, 0.6) is 5.75 Å². The van der Waals surface area contributed by atoms with Gasteiger partial charge in [0.25, 0.3) is 0 Å². The van der Waals surface area contributed by atoms with Crippen molar-refractivity contribution in [2.75, 3.05) is 18.9 Å². The second kappa shape index (κ2) is 9.39. The van der Waals surface area contributed by atoms with Gasteiger partial charge in [0.1, 0.15) is 5.75 Å². The van der Waals surface area contributed by atoms with Crippen LogP contribution in [0, 0.1) is 0 Å². The molecule has 0 fully saturated rings. The van der Waals surface area contributed by atoms with Crippen molar-refractivity contribution >= 4 is 15.7 Å². The highest BCUT2D eigenvalue weighted by atomic mass is 32.2. The molecule has 0 aliphatic heterocycles. The van der Waals surface area contributed by atoms with E-state index < -0.39 is 10.0 Å². The molecular formula is C22H24N2O3S. The number of hydrogen-bond donors (Lipinski definition) is 2. The summed E-state index contributed by atoms with van der Waals surface area (Å²) in [7, 11) is -3.54. The molecule has 146 valence electrons. The van der Waals surface area contributed by atoms with Crippen LogP contribution in [0.2, 0.25) is 0 Å². The quantitative estimate of drug-likeness (QED) is 0.543. The molecule has 3 aromatic carbocycles. The highest BCUT2D eigenvalue weighted by molar-refractivity contribution is 7.89. The van der Waals surface area contributed by atoms with Gasteiger partial charge in [-0.1, -0.05) is 42.5 Å². The molecule has 0 aliphatic carbocycles. The third kappa shape index (κ3) is 5.84. The van der Waals surface area contributed by atoms with Crippen molar-refractivity contribution in [3.05, 3.63) is 90.0 Å². The predicted molar refractivity (Wildman–Crippen MR) is 112 cm³/mol. The fourth-order valence-corrected chi connectivity index (χ4v) is 3.81. The van der Waals surface area contributed by atoms with Crippen LogP contribution < -0.4 is 15.2 Å². The van der Waals surface area contributed by atoms with Crippen molar-refractivity contribution in [2.45, 2.75) is 17.7 Å². The molecule has 0 heterocycles. The lowest BCUT2D eigenvalue weighted by molar-refractivity contribution is 0.321. The first-order valence-corrected chi connectivity index (χ1v) is 10.6. The largest absolute Gasteiger partial charge is 0.493 e. The van der Waals surface area contributed by atoms with Gasteiger partial charge in [0.05, 0.1) is 11.5 Å². The van der Waals surface area contributed by atoms with E-state index in [-0.39, 0.29) is 4.90 Å². The van der Waals surface area contributed by atoms with E-state index in [1.54, 1.807) is 12.1 Å². The minimum atomic E-state index is -3.54. The molecule has 3 N–H and O–H groups in total. The van der Waals surface area contributed by atoms with Gasteiger partial charge in [0.15, 0.2) is 0 Å². The number of hydrogen-bond acceptors (Lipinski definition) is 4. The van der Waals surface area contributed by atoms with Crippen LogP contribution in [0.1, 0.15) is 11.1 Å². The molecule has 0 unspecified atom stereocenters. The number of nitrogen functional groups attached to an aromatic ring is 1. The van der Waals surface area contributed by atoms with Crippen molar-refractivity contribution in [3.63, 3.8) is 0 Å². The van der Waals surface area contributed by atoms with E-state index in [4.69, 9.17) is 10.5 Å². The molecule has 3 aromatic rings. The summed E-state index contributed by atoms with van der Waals surface area (Å²) in [5.41, 5.74) is 8.37. The van der Waals surface area contributed by atoms with Crippen molar-refractivity contribution < 1.29 is 13.2 Å². The lowest BCUT2D eigenvalue weighted by Crippen LogP contribution is -2.26. The fourth-order valence-electron chi connectivity index (χ4n) is 2.78. The molecule has 6 heteroatoms. The van der Waals surface area contributed by atoms with Crippen LogP contribution in [-0.4, -0.2) is 21.6 Å². The molecule has 0 atom stereocenters. The molecule has 0 saturated carbocycles. The lowest BCUT2D eigenvalue weighted by Gasteiger charge is -2.09. The zero-order valence-electron chi connectivity index (χ0n) is 15.5. The summed E-state index contributed by atoms with van der Waals surface area (Å²) in [6.45, 7) is 0.900. The standard InChI is InChI=1S/C22H24N2O3S/c23-20-9-11-22(12-10-20)28(25,26)24-15-13-19-7-4-8-21(17-19)27-16-14-18-5-2-1-3-6-18/h1-12,17,24H,13-16,23H2. The molecule has 0 spiro atoms. The maximum atomic E-state index is 12.3. The lowest BCUT2D eigenvalue weighted by atomic mass is 10.1. The summed E-state index contributed by atoms with van der Waals surface area (Å²) in [4.78, 5) is 0.208. The van der Waals surface area contributed by atoms with Gasteiger partial charge in [-0.2, -0.15) is 0 Å².